The van der Waals surface area contributed by atoms with E-state index in [1.54, 1.807) is 12.3 Å². The molecule has 1 rings (SSSR count). The van der Waals surface area contributed by atoms with E-state index in [2.05, 4.69) is 4.98 Å². The van der Waals surface area contributed by atoms with Crippen LogP contribution in [0.2, 0.25) is 0 Å². The lowest BCUT2D eigenvalue weighted by Gasteiger charge is -1.85. The van der Waals surface area contributed by atoms with Crippen LogP contribution in [0.1, 0.15) is 5.69 Å². The highest BCUT2D eigenvalue weighted by atomic mass is 14.6. The first-order valence-electron chi connectivity index (χ1n) is 2.90. The van der Waals surface area contributed by atoms with Crippen LogP contribution < -0.4 is 0 Å². The van der Waals surface area contributed by atoms with Crippen molar-refractivity contribution in [2.45, 2.75) is 0 Å². The lowest BCUT2D eigenvalue weighted by molar-refractivity contribution is 1.30. The van der Waals surface area contributed by atoms with Gasteiger partial charge in [-0.05, 0) is 18.2 Å². The van der Waals surface area contributed by atoms with Crippen LogP contribution in [0, 0.1) is 11.3 Å². The summed E-state index contributed by atoms with van der Waals surface area (Å²) in [5.74, 6) is 0. The zero-order valence-corrected chi connectivity index (χ0v) is 5.36. The molecule has 0 radical (unpaired) electrons. The number of hydrogen-bond donors (Lipinski definition) is 0. The quantitative estimate of drug-likeness (QED) is 0.541. The second kappa shape index (κ2) is 3.41. The van der Waals surface area contributed by atoms with Gasteiger partial charge in [-0.3, -0.25) is 4.98 Å². The number of allylic oxidation sites excluding steroid dienone is 1. The monoisotopic (exact) mass is 130 g/mol. The molecule has 0 unspecified atom stereocenters. The van der Waals surface area contributed by atoms with Crippen LogP contribution in [-0.2, 0) is 0 Å². The fourth-order valence-corrected chi connectivity index (χ4v) is 0.597. The summed E-state index contributed by atoms with van der Waals surface area (Å²) in [6.07, 6.45) is 4.76. The number of pyridine rings is 1. The maximum Gasteiger partial charge on any atom is 0.0912 e. The molecule has 48 valence electrons. The first kappa shape index (κ1) is 6.50. The average molecular weight is 130 g/mol. The molecule has 0 aromatic carbocycles. The van der Waals surface area contributed by atoms with Crippen molar-refractivity contribution < 1.29 is 0 Å². The first-order valence-corrected chi connectivity index (χ1v) is 2.90. The van der Waals surface area contributed by atoms with Gasteiger partial charge in [0.25, 0.3) is 0 Å². The van der Waals surface area contributed by atoms with E-state index >= 15 is 0 Å². The van der Waals surface area contributed by atoms with Gasteiger partial charge in [0, 0.05) is 12.3 Å². The standard InChI is InChI=1S/C8H6N2/c9-6-3-5-8-4-1-2-7-10-8/h1-5,7H/b5-3+. The third-order valence-corrected chi connectivity index (χ3v) is 1.02. The van der Waals surface area contributed by atoms with E-state index in [1.165, 1.54) is 6.08 Å². The van der Waals surface area contributed by atoms with Gasteiger partial charge in [-0.2, -0.15) is 5.26 Å². The van der Waals surface area contributed by atoms with Crippen molar-refractivity contribution in [1.29, 1.82) is 5.26 Å². The summed E-state index contributed by atoms with van der Waals surface area (Å²) < 4.78 is 0. The Morgan fingerprint density at radius 2 is 2.40 bits per heavy atom. The molecule has 10 heavy (non-hydrogen) atoms. The molecule has 0 aliphatic carbocycles. The Balaban J connectivity index is 2.79. The summed E-state index contributed by atoms with van der Waals surface area (Å²) in [4.78, 5) is 3.98. The first-order chi connectivity index (χ1) is 4.93. The van der Waals surface area contributed by atoms with Crippen molar-refractivity contribution in [3.63, 3.8) is 0 Å². The molecule has 0 bridgehead atoms. The van der Waals surface area contributed by atoms with Crippen molar-refractivity contribution in [2.75, 3.05) is 0 Å². The summed E-state index contributed by atoms with van der Waals surface area (Å²) in [5.41, 5.74) is 0.809. The summed E-state index contributed by atoms with van der Waals surface area (Å²) in [6.45, 7) is 0. The molecule has 1 aromatic rings. The van der Waals surface area contributed by atoms with Crippen LogP contribution in [0.4, 0.5) is 0 Å². The fourth-order valence-electron chi connectivity index (χ4n) is 0.597. The van der Waals surface area contributed by atoms with E-state index in [1.807, 2.05) is 24.3 Å². The number of aromatic nitrogens is 1. The molecule has 0 fully saturated rings. The Bertz CT molecular complexity index is 256. The van der Waals surface area contributed by atoms with Gasteiger partial charge in [0.2, 0.25) is 0 Å². The minimum absolute atomic E-state index is 0.809. The van der Waals surface area contributed by atoms with Crippen LogP contribution in [0.3, 0.4) is 0 Å². The van der Waals surface area contributed by atoms with Crippen molar-refractivity contribution in [3.05, 3.63) is 36.2 Å². The van der Waals surface area contributed by atoms with Crippen LogP contribution in [-0.4, -0.2) is 4.98 Å². The van der Waals surface area contributed by atoms with Gasteiger partial charge in [0.15, 0.2) is 0 Å². The second-order valence-corrected chi connectivity index (χ2v) is 1.72. The molecule has 1 aromatic heterocycles. The Morgan fingerprint density at radius 1 is 1.50 bits per heavy atom. The molecule has 0 saturated carbocycles. The molecular weight excluding hydrogens is 124 g/mol. The van der Waals surface area contributed by atoms with Crippen molar-refractivity contribution in [3.8, 4) is 6.07 Å². The SMILES string of the molecule is N#C/C=C/c1ccccn1. The highest BCUT2D eigenvalue weighted by Gasteiger charge is 1.80. The topological polar surface area (TPSA) is 36.7 Å². The highest BCUT2D eigenvalue weighted by molar-refractivity contribution is 5.46. The van der Waals surface area contributed by atoms with Gasteiger partial charge in [0.05, 0.1) is 11.8 Å². The van der Waals surface area contributed by atoms with Crippen LogP contribution in [0.5, 0.6) is 0 Å². The molecule has 0 N–H and O–H groups in total. The molecule has 2 nitrogen and oxygen atoms in total. The lowest BCUT2D eigenvalue weighted by atomic mass is 10.3. The van der Waals surface area contributed by atoms with Gasteiger partial charge < -0.3 is 0 Å². The Kier molecular flexibility index (Phi) is 2.22. The van der Waals surface area contributed by atoms with E-state index in [0.29, 0.717) is 0 Å². The van der Waals surface area contributed by atoms with Crippen LogP contribution >= 0.6 is 0 Å². The largest absolute Gasteiger partial charge is 0.257 e. The predicted octanol–water partition coefficient (Wildman–Crippen LogP) is 1.62. The number of hydrogen-bond acceptors (Lipinski definition) is 2. The van der Waals surface area contributed by atoms with E-state index in [0.717, 1.165) is 5.69 Å². The molecule has 1 heterocycles. The minimum Gasteiger partial charge on any atom is -0.257 e. The van der Waals surface area contributed by atoms with Crippen molar-refractivity contribution in [1.82, 2.24) is 4.98 Å². The molecule has 0 spiro atoms. The van der Waals surface area contributed by atoms with Crippen molar-refractivity contribution in [2.24, 2.45) is 0 Å². The number of rotatable bonds is 1. The van der Waals surface area contributed by atoms with E-state index in [9.17, 15) is 0 Å². The normalized spacial score (nSPS) is 9.50. The number of nitriles is 1. The zero-order valence-electron chi connectivity index (χ0n) is 5.36. The summed E-state index contributed by atoms with van der Waals surface area (Å²) >= 11 is 0. The molecule has 0 aliphatic rings. The second-order valence-electron chi connectivity index (χ2n) is 1.72. The Labute approximate surface area is 59.4 Å². The van der Waals surface area contributed by atoms with Crippen molar-refractivity contribution >= 4 is 6.08 Å². The molecular formula is C8H6N2. The Morgan fingerprint density at radius 3 is 3.00 bits per heavy atom. The summed E-state index contributed by atoms with van der Waals surface area (Å²) in [5, 5.41) is 8.16. The maximum atomic E-state index is 8.16. The third-order valence-electron chi connectivity index (χ3n) is 1.02. The molecule has 0 aliphatic heterocycles. The van der Waals surface area contributed by atoms with Gasteiger partial charge in [-0.1, -0.05) is 6.07 Å². The average Bonchev–Trinajstić information content (AvgIpc) is 2.03. The maximum absolute atomic E-state index is 8.16. The van der Waals surface area contributed by atoms with Crippen LogP contribution in [0.15, 0.2) is 30.5 Å². The molecule has 0 saturated heterocycles. The number of nitrogens with zero attached hydrogens (tertiary/aromatic N) is 2. The van der Waals surface area contributed by atoms with Gasteiger partial charge in [-0.25, -0.2) is 0 Å². The Hall–Kier alpha value is -1.62. The van der Waals surface area contributed by atoms with Gasteiger partial charge in [0.1, 0.15) is 0 Å². The van der Waals surface area contributed by atoms with E-state index in [-0.39, 0.29) is 0 Å². The smallest absolute Gasteiger partial charge is 0.0912 e. The fraction of sp³-hybridized carbons (Fsp3) is 0. The van der Waals surface area contributed by atoms with Crippen LogP contribution in [0.25, 0.3) is 6.08 Å². The van der Waals surface area contributed by atoms with E-state index < -0.39 is 0 Å². The van der Waals surface area contributed by atoms with Gasteiger partial charge in [-0.15, -0.1) is 0 Å². The molecule has 0 atom stereocenters. The minimum atomic E-state index is 0.809. The lowest BCUT2D eigenvalue weighted by Crippen LogP contribution is -1.74. The summed E-state index contributed by atoms with van der Waals surface area (Å²) in [6, 6.07) is 7.45. The van der Waals surface area contributed by atoms with E-state index in [4.69, 9.17) is 5.26 Å². The molecule has 2 heteroatoms. The molecule has 0 amide bonds. The predicted molar refractivity (Wildman–Crippen MR) is 38.9 cm³/mol. The third kappa shape index (κ3) is 1.71. The summed E-state index contributed by atoms with van der Waals surface area (Å²) in [7, 11) is 0. The highest BCUT2D eigenvalue weighted by Crippen LogP contribution is 1.94. The van der Waals surface area contributed by atoms with Gasteiger partial charge >= 0.3 is 0 Å². The zero-order chi connectivity index (χ0) is 7.23.